The van der Waals surface area contributed by atoms with E-state index < -0.39 is 11.8 Å². The Hall–Kier alpha value is -2.34. The van der Waals surface area contributed by atoms with Crippen molar-refractivity contribution in [2.24, 2.45) is 0 Å². The minimum atomic E-state index is -1.59. The summed E-state index contributed by atoms with van der Waals surface area (Å²) < 4.78 is 21.5. The predicted molar refractivity (Wildman–Crippen MR) is 81.5 cm³/mol. The molecule has 0 amide bonds. The van der Waals surface area contributed by atoms with Crippen molar-refractivity contribution in [2.45, 2.75) is 26.1 Å². The number of esters is 1. The molecular formula is C17H20O6. The summed E-state index contributed by atoms with van der Waals surface area (Å²) >= 11 is 0. The predicted octanol–water partition coefficient (Wildman–Crippen LogP) is 2.44. The van der Waals surface area contributed by atoms with Crippen LogP contribution in [0.1, 0.15) is 30.6 Å². The van der Waals surface area contributed by atoms with E-state index in [4.69, 9.17) is 18.9 Å². The third kappa shape index (κ3) is 3.37. The number of rotatable bonds is 8. The van der Waals surface area contributed by atoms with Gasteiger partial charge in [0.25, 0.3) is 5.79 Å². The lowest BCUT2D eigenvalue weighted by atomic mass is 10.0. The number of methoxy groups -OCH3 is 1. The van der Waals surface area contributed by atoms with Crippen LogP contribution >= 0.6 is 0 Å². The highest BCUT2D eigenvalue weighted by Crippen LogP contribution is 2.38. The molecule has 6 heteroatoms. The first-order valence-electron chi connectivity index (χ1n) is 7.45. The second kappa shape index (κ2) is 7.28. The van der Waals surface area contributed by atoms with E-state index in [1.165, 1.54) is 7.11 Å². The van der Waals surface area contributed by atoms with Gasteiger partial charge in [-0.25, -0.2) is 4.79 Å². The number of carbonyl (C=O) groups excluding carboxylic acids is 2. The van der Waals surface area contributed by atoms with Crippen LogP contribution in [0.25, 0.3) is 0 Å². The van der Waals surface area contributed by atoms with Crippen molar-refractivity contribution in [3.8, 4) is 0 Å². The molecule has 1 aliphatic rings. The maximum absolute atomic E-state index is 12.5. The van der Waals surface area contributed by atoms with E-state index in [0.717, 1.165) is 0 Å². The smallest absolute Gasteiger partial charge is 0.380 e. The van der Waals surface area contributed by atoms with Gasteiger partial charge in [-0.15, -0.1) is 0 Å². The van der Waals surface area contributed by atoms with Crippen molar-refractivity contribution in [3.05, 3.63) is 47.4 Å². The molecule has 1 atom stereocenters. The number of hydrogen-bond acceptors (Lipinski definition) is 6. The van der Waals surface area contributed by atoms with Crippen molar-refractivity contribution in [1.29, 1.82) is 0 Å². The molecule has 0 bridgehead atoms. The van der Waals surface area contributed by atoms with Crippen molar-refractivity contribution < 1.29 is 28.5 Å². The number of Topliss-reactive ketones (excluding diaryl/α,β-unsaturated/α-hetero) is 1. The van der Waals surface area contributed by atoms with Gasteiger partial charge in [0.05, 0.1) is 19.6 Å². The van der Waals surface area contributed by atoms with Gasteiger partial charge >= 0.3 is 5.97 Å². The molecule has 2 rings (SSSR count). The zero-order valence-electron chi connectivity index (χ0n) is 13.5. The minimum absolute atomic E-state index is 0.0444. The van der Waals surface area contributed by atoms with Crippen molar-refractivity contribution >= 4 is 11.8 Å². The van der Waals surface area contributed by atoms with Gasteiger partial charge in [0.15, 0.2) is 5.78 Å². The van der Waals surface area contributed by atoms with Crippen LogP contribution in [0.5, 0.6) is 0 Å². The fraction of sp³-hybridized carbons (Fsp3) is 0.412. The van der Waals surface area contributed by atoms with Gasteiger partial charge in [0, 0.05) is 12.7 Å². The first kappa shape index (κ1) is 17.0. The number of cyclic esters (lactones) is 1. The van der Waals surface area contributed by atoms with E-state index in [-0.39, 0.29) is 36.9 Å². The molecule has 1 aromatic rings. The fourth-order valence-electron chi connectivity index (χ4n) is 2.36. The molecule has 1 unspecified atom stereocenters. The Morgan fingerprint density at radius 3 is 2.35 bits per heavy atom. The number of hydrogen-bond donors (Lipinski definition) is 0. The summed E-state index contributed by atoms with van der Waals surface area (Å²) in [5, 5.41) is 0. The van der Waals surface area contributed by atoms with E-state index in [0.29, 0.717) is 5.56 Å². The van der Waals surface area contributed by atoms with Crippen LogP contribution in [-0.2, 0) is 23.7 Å². The summed E-state index contributed by atoms with van der Waals surface area (Å²) in [6, 6.07) is 8.72. The molecule has 1 heterocycles. The topological polar surface area (TPSA) is 71.1 Å². The van der Waals surface area contributed by atoms with Crippen LogP contribution in [0.3, 0.4) is 0 Å². The lowest BCUT2D eigenvalue weighted by Gasteiger charge is -2.27. The maximum Gasteiger partial charge on any atom is 0.380 e. The summed E-state index contributed by atoms with van der Waals surface area (Å²) in [7, 11) is 1.36. The van der Waals surface area contributed by atoms with Crippen molar-refractivity contribution in [1.82, 2.24) is 0 Å². The Morgan fingerprint density at radius 1 is 1.13 bits per heavy atom. The van der Waals surface area contributed by atoms with Crippen molar-refractivity contribution in [3.63, 3.8) is 0 Å². The molecule has 0 saturated heterocycles. The summed E-state index contributed by atoms with van der Waals surface area (Å²) in [6.07, 6.45) is -0.189. The van der Waals surface area contributed by atoms with Crippen molar-refractivity contribution in [2.75, 3.05) is 20.3 Å². The molecule has 0 fully saturated rings. The van der Waals surface area contributed by atoms with E-state index in [1.54, 1.807) is 38.1 Å². The lowest BCUT2D eigenvalue weighted by molar-refractivity contribution is -0.202. The fourth-order valence-corrected chi connectivity index (χ4v) is 2.36. The minimum Gasteiger partial charge on any atom is -0.488 e. The molecule has 0 aliphatic carbocycles. The lowest BCUT2D eigenvalue weighted by Crippen LogP contribution is -2.38. The summed E-state index contributed by atoms with van der Waals surface area (Å²) in [4.78, 5) is 24.6. The maximum atomic E-state index is 12.5. The Bertz CT molecular complexity index is 607. The SMILES string of the molecule is CCOC1=C(OCC)C(CC(=O)c2ccccc2)(OC)OC1=O. The Morgan fingerprint density at radius 2 is 1.78 bits per heavy atom. The van der Waals surface area contributed by atoms with Crippen LogP contribution in [0.4, 0.5) is 0 Å². The summed E-state index contributed by atoms with van der Waals surface area (Å²) in [5.41, 5.74) is 0.501. The van der Waals surface area contributed by atoms with E-state index in [2.05, 4.69) is 0 Å². The number of carbonyl (C=O) groups is 2. The van der Waals surface area contributed by atoms with Gasteiger partial charge in [-0.3, -0.25) is 4.79 Å². The van der Waals surface area contributed by atoms with Gasteiger partial charge in [0.2, 0.25) is 11.5 Å². The standard InChI is InChI=1S/C17H20O6/c1-4-21-14-15(22-5-2)17(20-3,23-16(14)19)11-13(18)12-9-7-6-8-10-12/h6-10H,4-5,11H2,1-3H3. The Kier molecular flexibility index (Phi) is 5.39. The normalized spacial score (nSPS) is 20.4. The van der Waals surface area contributed by atoms with Crippen LogP contribution in [-0.4, -0.2) is 37.9 Å². The highest BCUT2D eigenvalue weighted by Gasteiger charge is 2.53. The van der Waals surface area contributed by atoms with E-state index in [1.807, 2.05) is 6.07 Å². The Labute approximate surface area is 135 Å². The second-order valence-electron chi connectivity index (χ2n) is 4.84. The third-order valence-corrected chi connectivity index (χ3v) is 3.39. The zero-order chi connectivity index (χ0) is 16.9. The highest BCUT2D eigenvalue weighted by atomic mass is 16.7. The van der Waals surface area contributed by atoms with Crippen LogP contribution in [0, 0.1) is 0 Å². The molecule has 0 saturated carbocycles. The summed E-state index contributed by atoms with van der Waals surface area (Å²) in [5.74, 6) is -2.45. The number of benzene rings is 1. The van der Waals surface area contributed by atoms with Gasteiger partial charge in [-0.1, -0.05) is 30.3 Å². The van der Waals surface area contributed by atoms with Gasteiger partial charge < -0.3 is 18.9 Å². The quantitative estimate of drug-likeness (QED) is 0.541. The molecular weight excluding hydrogens is 300 g/mol. The Balaban J connectivity index is 2.35. The molecule has 1 aliphatic heterocycles. The van der Waals surface area contributed by atoms with Crippen LogP contribution in [0.2, 0.25) is 0 Å². The largest absolute Gasteiger partial charge is 0.488 e. The number of ether oxygens (including phenoxy) is 4. The summed E-state index contributed by atoms with van der Waals surface area (Å²) in [6.45, 7) is 4.06. The van der Waals surface area contributed by atoms with Crippen LogP contribution in [0.15, 0.2) is 41.9 Å². The van der Waals surface area contributed by atoms with E-state index in [9.17, 15) is 9.59 Å². The van der Waals surface area contributed by atoms with E-state index >= 15 is 0 Å². The molecule has 6 nitrogen and oxygen atoms in total. The van der Waals surface area contributed by atoms with Gasteiger partial charge in [-0.05, 0) is 13.8 Å². The molecule has 0 radical (unpaired) electrons. The molecule has 0 spiro atoms. The molecule has 23 heavy (non-hydrogen) atoms. The highest BCUT2D eigenvalue weighted by molar-refractivity contribution is 5.98. The average molecular weight is 320 g/mol. The number of ketones is 1. The average Bonchev–Trinajstić information content (AvgIpc) is 2.82. The van der Waals surface area contributed by atoms with Gasteiger partial charge in [-0.2, -0.15) is 0 Å². The monoisotopic (exact) mass is 320 g/mol. The van der Waals surface area contributed by atoms with Gasteiger partial charge in [0.1, 0.15) is 0 Å². The first-order valence-corrected chi connectivity index (χ1v) is 7.45. The molecule has 0 aromatic heterocycles. The molecule has 1 aromatic carbocycles. The van der Waals surface area contributed by atoms with Crippen LogP contribution < -0.4 is 0 Å². The second-order valence-corrected chi connectivity index (χ2v) is 4.84. The third-order valence-electron chi connectivity index (χ3n) is 3.39. The zero-order valence-corrected chi connectivity index (χ0v) is 13.5. The first-order chi connectivity index (χ1) is 11.1. The molecule has 0 N–H and O–H groups in total. The molecule has 124 valence electrons.